The van der Waals surface area contributed by atoms with E-state index in [1.165, 1.54) is 0 Å². The Bertz CT molecular complexity index is 7180. The van der Waals surface area contributed by atoms with E-state index >= 15 is 0 Å². The molecule has 0 fully saturated rings. The van der Waals surface area contributed by atoms with E-state index in [4.69, 9.17) is 32.1 Å². The molecule has 0 spiro atoms. The number of fused-ring (bicyclic) bond motifs is 17. The third kappa shape index (κ3) is 8.76. The van der Waals surface area contributed by atoms with Gasteiger partial charge < -0.3 is 41.0 Å². The van der Waals surface area contributed by atoms with E-state index in [9.17, 15) is 0 Å². The van der Waals surface area contributed by atoms with Gasteiger partial charge in [0, 0.05) is 94.5 Å². The summed E-state index contributed by atoms with van der Waals surface area (Å²) in [6.45, 7) is 0. The highest BCUT2D eigenvalue weighted by atomic mass is 16.4. The summed E-state index contributed by atoms with van der Waals surface area (Å²) in [6.07, 6.45) is 0. The zero-order chi connectivity index (χ0) is 67.4. The Morgan fingerprint density at radius 2 is 0.718 bits per heavy atom. The van der Waals surface area contributed by atoms with Gasteiger partial charge in [0.1, 0.15) is 33.4 Å². The normalized spacial score (nSPS) is 12.1. The molecule has 0 saturated carbocycles. The summed E-state index contributed by atoms with van der Waals surface area (Å²) >= 11 is 0. The van der Waals surface area contributed by atoms with Crippen molar-refractivity contribution in [3.63, 3.8) is 0 Å². The van der Waals surface area contributed by atoms with Crippen molar-refractivity contribution in [1.29, 1.82) is 0 Å². The zero-order valence-electron chi connectivity index (χ0n) is 54.9. The molecule has 0 aliphatic carbocycles. The fourth-order valence-corrected chi connectivity index (χ4v) is 16.0. The quantitative estimate of drug-likeness (QED) is 0.125. The Kier molecular flexibility index (Phi) is 12.2. The Hall–Kier alpha value is -14.2. The second kappa shape index (κ2) is 22.2. The fourth-order valence-electron chi connectivity index (χ4n) is 16.0. The summed E-state index contributed by atoms with van der Waals surface area (Å²) in [5, 5.41) is 10.4. The zero-order valence-corrected chi connectivity index (χ0v) is 54.9. The summed E-state index contributed by atoms with van der Waals surface area (Å²) in [4.78, 5) is 14.7. The molecule has 0 aliphatic heterocycles. The smallest absolute Gasteiger partial charge is 0.227 e. The molecule has 15 aromatic carbocycles. The average molecular weight is 1320 g/mol. The molecule has 103 heavy (non-hydrogen) atoms. The molecule has 11 nitrogen and oxygen atoms in total. The lowest BCUT2D eigenvalue weighted by Crippen LogP contribution is -2.11. The molecule has 0 unspecified atom stereocenters. The number of para-hydroxylation sites is 7. The van der Waals surface area contributed by atoms with E-state index in [1.807, 2.05) is 60.7 Å². The maximum Gasteiger partial charge on any atom is 0.227 e. The lowest BCUT2D eigenvalue weighted by Gasteiger charge is -2.26. The molecular formula is C92H54N6O5. The van der Waals surface area contributed by atoms with Gasteiger partial charge >= 0.3 is 0 Å². The van der Waals surface area contributed by atoms with Gasteiger partial charge in [0.25, 0.3) is 0 Å². The van der Waals surface area contributed by atoms with Crippen LogP contribution in [0.2, 0.25) is 0 Å². The van der Waals surface area contributed by atoms with Gasteiger partial charge in [-0.15, -0.1) is 0 Å². The molecule has 22 aromatic rings. The monoisotopic (exact) mass is 1320 g/mol. The number of hydrogen-bond acceptors (Lipinski definition) is 9. The van der Waals surface area contributed by atoms with Crippen LogP contribution in [0.4, 0.5) is 34.1 Å². The number of furan rings is 3. The molecule has 0 N–H and O–H groups in total. The van der Waals surface area contributed by atoms with Crippen LogP contribution in [-0.2, 0) is 0 Å². The van der Waals surface area contributed by atoms with Crippen molar-refractivity contribution >= 4 is 166 Å². The van der Waals surface area contributed by atoms with E-state index in [0.717, 1.165) is 177 Å². The van der Waals surface area contributed by atoms with Gasteiger partial charge in [-0.05, 0) is 151 Å². The molecule has 7 aromatic heterocycles. The van der Waals surface area contributed by atoms with Gasteiger partial charge in [-0.1, -0.05) is 176 Å². The van der Waals surface area contributed by atoms with Crippen LogP contribution < -0.4 is 9.80 Å². The Morgan fingerprint density at radius 3 is 1.44 bits per heavy atom. The fraction of sp³-hybridized carbons (Fsp3) is 0. The molecular weight excluding hydrogens is 1270 g/mol. The van der Waals surface area contributed by atoms with Crippen molar-refractivity contribution in [1.82, 2.24) is 19.1 Å². The third-order valence-corrected chi connectivity index (χ3v) is 20.5. The number of rotatable bonds is 11. The summed E-state index contributed by atoms with van der Waals surface area (Å²) in [5.41, 5.74) is 23.5. The van der Waals surface area contributed by atoms with Gasteiger partial charge in [-0.25, -0.2) is 9.97 Å². The van der Waals surface area contributed by atoms with Crippen LogP contribution in [0.25, 0.3) is 177 Å². The molecule has 22 rings (SSSR count). The molecule has 7 heterocycles. The molecule has 482 valence electrons. The number of anilines is 6. The van der Waals surface area contributed by atoms with Crippen molar-refractivity contribution in [3.8, 4) is 45.4 Å². The van der Waals surface area contributed by atoms with Crippen LogP contribution in [0.5, 0.6) is 0 Å². The van der Waals surface area contributed by atoms with Crippen molar-refractivity contribution in [2.75, 3.05) is 9.80 Å². The van der Waals surface area contributed by atoms with Gasteiger partial charge in [-0.3, -0.25) is 0 Å². The molecule has 0 saturated heterocycles. The summed E-state index contributed by atoms with van der Waals surface area (Å²) in [6, 6.07) is 115. The number of hydrogen-bond donors (Lipinski definition) is 0. The minimum atomic E-state index is 0.528. The van der Waals surface area contributed by atoms with Crippen LogP contribution in [0.3, 0.4) is 0 Å². The molecule has 0 radical (unpaired) electrons. The first kappa shape index (κ1) is 56.8. The number of nitrogens with zero attached hydrogens (tertiary/aromatic N) is 6. The van der Waals surface area contributed by atoms with E-state index in [0.29, 0.717) is 34.1 Å². The van der Waals surface area contributed by atoms with Crippen LogP contribution in [0.15, 0.2) is 350 Å². The highest BCUT2D eigenvalue weighted by Crippen LogP contribution is 2.51. The van der Waals surface area contributed by atoms with Crippen molar-refractivity contribution < 1.29 is 22.1 Å². The molecule has 0 amide bonds. The van der Waals surface area contributed by atoms with Gasteiger partial charge in [0.2, 0.25) is 11.8 Å². The first-order valence-electron chi connectivity index (χ1n) is 34.5. The molecule has 11 heteroatoms. The van der Waals surface area contributed by atoms with Crippen LogP contribution >= 0.6 is 0 Å². The van der Waals surface area contributed by atoms with E-state index in [1.54, 1.807) is 0 Å². The van der Waals surface area contributed by atoms with Crippen molar-refractivity contribution in [2.45, 2.75) is 0 Å². The summed E-state index contributed by atoms with van der Waals surface area (Å²) in [7, 11) is 0. The number of aromatic nitrogens is 4. The highest BCUT2D eigenvalue weighted by Gasteiger charge is 2.28. The van der Waals surface area contributed by atoms with E-state index < -0.39 is 0 Å². The van der Waals surface area contributed by atoms with Crippen molar-refractivity contribution in [3.05, 3.63) is 328 Å². The minimum absolute atomic E-state index is 0.528. The maximum absolute atomic E-state index is 7.06. The lowest BCUT2D eigenvalue weighted by molar-refractivity contribution is 0.617. The maximum atomic E-state index is 7.06. The van der Waals surface area contributed by atoms with Crippen molar-refractivity contribution in [2.24, 2.45) is 0 Å². The second-order valence-electron chi connectivity index (χ2n) is 26.3. The predicted molar refractivity (Wildman–Crippen MR) is 418 cm³/mol. The van der Waals surface area contributed by atoms with Gasteiger partial charge in [0.15, 0.2) is 22.3 Å². The van der Waals surface area contributed by atoms with Crippen LogP contribution in [-0.4, -0.2) is 19.1 Å². The topological polar surface area (TPSA) is 108 Å². The summed E-state index contributed by atoms with van der Waals surface area (Å²) in [5.74, 6) is 1.09. The predicted octanol–water partition coefficient (Wildman–Crippen LogP) is 25.8. The molecule has 0 aliphatic rings. The Balaban J connectivity index is 0.634. The average Bonchev–Trinajstić information content (AvgIpc) is 1.61. The SMILES string of the molecule is c1ccc(-c2nc3cc4oc5c(N(c6ccc7c8ccc(-c9ccc(-c%10nc%11cc%12c(cc%11o%10)oc%10c(N(c%11ccccc%11)c%11cccc%13c%11c%11ccccc%11n%13-c%11ccccc%11)cccc%10%12)cc9)cc8n(-c8ccccc8)c7c6)c6cccc7oc8ccccc8c67)cccc5c4cc3o2)cc1. The van der Waals surface area contributed by atoms with E-state index in [-0.39, 0.29) is 0 Å². The first-order chi connectivity index (χ1) is 51.0. The largest absolute Gasteiger partial charge is 0.456 e. The van der Waals surface area contributed by atoms with Crippen LogP contribution in [0.1, 0.15) is 0 Å². The lowest BCUT2D eigenvalue weighted by atomic mass is 10.0. The van der Waals surface area contributed by atoms with Crippen LogP contribution in [0, 0.1) is 0 Å². The Morgan fingerprint density at radius 1 is 0.233 bits per heavy atom. The number of benzene rings is 15. The highest BCUT2D eigenvalue weighted by molar-refractivity contribution is 6.21. The summed E-state index contributed by atoms with van der Waals surface area (Å²) < 4.78 is 38.5. The van der Waals surface area contributed by atoms with E-state index in [2.05, 4.69) is 286 Å². The molecule has 0 atom stereocenters. The third-order valence-electron chi connectivity index (χ3n) is 20.5. The van der Waals surface area contributed by atoms with Gasteiger partial charge in [0.05, 0.1) is 50.2 Å². The first-order valence-corrected chi connectivity index (χ1v) is 34.5. The Labute approximate surface area is 586 Å². The number of oxazole rings is 2. The minimum Gasteiger partial charge on any atom is -0.456 e. The second-order valence-corrected chi connectivity index (χ2v) is 26.3. The van der Waals surface area contributed by atoms with Gasteiger partial charge in [-0.2, -0.15) is 0 Å². The standard InChI is InChI=1S/C92H54N6O5/c1-5-21-56(22-6-1)91-94-72-53-83-70(52-85(72)102-91)66-32-18-38-78(90(66)100-83)98(76-36-20-40-82-88(76)68-30-14-16-39-81(68)99-82)62-46-48-64-63-47-45-58(49-79(63)97(80(64)50-62)61-27-11-4-12-28-61)55-41-43-57(44-42-55)92-93-71-51-69-65-31-17-37-77(89(65)101-84(69)54-86(71)103-92)96(60-25-9-3-10-26-60)75-35-19-34-74-87(75)67-29-13-15-33-73(67)95(74)59-23-7-2-8-24-59/h1-54H. The molecule has 0 bridgehead atoms.